The fourth-order valence-corrected chi connectivity index (χ4v) is 6.61. The van der Waals surface area contributed by atoms with Crippen LogP contribution in [0.1, 0.15) is 77.6 Å². The number of esters is 1. The van der Waals surface area contributed by atoms with Gasteiger partial charge < -0.3 is 4.74 Å². The normalized spacial score (nSPS) is 35.8. The lowest BCUT2D eigenvalue weighted by atomic mass is 9.59. The summed E-state index contributed by atoms with van der Waals surface area (Å²) in [5, 5.41) is 0.670. The number of hydrogen-bond acceptors (Lipinski definition) is 2. The van der Waals surface area contributed by atoms with Gasteiger partial charge >= 0.3 is 5.97 Å². The Balaban J connectivity index is 1.34. The molecule has 0 radical (unpaired) electrons. The van der Waals surface area contributed by atoms with Crippen LogP contribution in [0.15, 0.2) is 24.3 Å². The summed E-state index contributed by atoms with van der Waals surface area (Å²) >= 11 is 5.94. The zero-order chi connectivity index (χ0) is 19.5. The molecule has 4 unspecified atom stereocenters. The van der Waals surface area contributed by atoms with Gasteiger partial charge in [-0.2, -0.15) is 0 Å². The Kier molecular flexibility index (Phi) is 6.66. The summed E-state index contributed by atoms with van der Waals surface area (Å²) in [5.41, 5.74) is 0. The van der Waals surface area contributed by atoms with Gasteiger partial charge in [0.25, 0.3) is 0 Å². The highest BCUT2D eigenvalue weighted by Crippen LogP contribution is 2.50. The van der Waals surface area contributed by atoms with Gasteiger partial charge in [-0.1, -0.05) is 50.6 Å². The maximum atomic E-state index is 12.9. The van der Waals surface area contributed by atoms with Crippen LogP contribution in [-0.4, -0.2) is 5.97 Å². The number of carbonyl (C=O) groups excluding carboxylic acids is 1. The van der Waals surface area contributed by atoms with Crippen molar-refractivity contribution in [3.8, 4) is 5.75 Å². The van der Waals surface area contributed by atoms with Crippen LogP contribution in [0.5, 0.6) is 5.75 Å². The van der Waals surface area contributed by atoms with Crippen molar-refractivity contribution in [3.05, 3.63) is 29.3 Å². The van der Waals surface area contributed by atoms with Gasteiger partial charge in [0, 0.05) is 5.02 Å². The molecule has 0 spiro atoms. The van der Waals surface area contributed by atoms with Gasteiger partial charge in [-0.3, -0.25) is 4.79 Å². The van der Waals surface area contributed by atoms with E-state index in [-0.39, 0.29) is 11.9 Å². The second-order valence-corrected chi connectivity index (χ2v) is 10.0. The summed E-state index contributed by atoms with van der Waals surface area (Å²) in [6.45, 7) is 2.35. The lowest BCUT2D eigenvalue weighted by molar-refractivity contribution is -0.144. The molecule has 0 heterocycles. The summed E-state index contributed by atoms with van der Waals surface area (Å²) in [6, 6.07) is 7.16. The minimum atomic E-state index is -0.0149. The highest BCUT2D eigenvalue weighted by atomic mass is 35.5. The Labute approximate surface area is 175 Å². The van der Waals surface area contributed by atoms with Gasteiger partial charge in [-0.15, -0.1) is 0 Å². The molecule has 28 heavy (non-hydrogen) atoms. The molecule has 3 aliphatic rings. The smallest absolute Gasteiger partial charge is 0.314 e. The Bertz CT molecular complexity index is 647. The topological polar surface area (TPSA) is 26.3 Å². The minimum absolute atomic E-state index is 0.0149. The molecular formula is C25H35ClO2. The monoisotopic (exact) mass is 402 g/mol. The average Bonchev–Trinajstić information content (AvgIpc) is 2.74. The van der Waals surface area contributed by atoms with E-state index in [1.54, 1.807) is 24.3 Å². The highest BCUT2D eigenvalue weighted by Gasteiger charge is 2.43. The molecule has 0 aliphatic heterocycles. The third kappa shape index (κ3) is 4.58. The summed E-state index contributed by atoms with van der Waals surface area (Å²) in [4.78, 5) is 12.9. The van der Waals surface area contributed by atoms with Crippen molar-refractivity contribution in [2.75, 3.05) is 0 Å². The molecule has 0 amide bonds. The summed E-state index contributed by atoms with van der Waals surface area (Å²) in [7, 11) is 0. The van der Waals surface area contributed by atoms with Crippen molar-refractivity contribution < 1.29 is 9.53 Å². The fraction of sp³-hybridized carbons (Fsp3) is 0.720. The molecule has 0 bridgehead atoms. The summed E-state index contributed by atoms with van der Waals surface area (Å²) in [6.07, 6.45) is 14.6. The Morgan fingerprint density at radius 1 is 0.929 bits per heavy atom. The summed E-state index contributed by atoms with van der Waals surface area (Å²) in [5.74, 6) is 4.81. The Hall–Kier alpha value is -1.02. The molecule has 4 atom stereocenters. The van der Waals surface area contributed by atoms with Crippen LogP contribution in [0.25, 0.3) is 0 Å². The molecule has 3 heteroatoms. The molecule has 4 rings (SSSR count). The van der Waals surface area contributed by atoms with Crippen LogP contribution in [0, 0.1) is 35.5 Å². The first-order valence-corrected chi connectivity index (χ1v) is 12.0. The predicted molar refractivity (Wildman–Crippen MR) is 114 cm³/mol. The molecule has 3 aliphatic carbocycles. The average molecular weight is 403 g/mol. The van der Waals surface area contributed by atoms with Gasteiger partial charge in [0.05, 0.1) is 5.92 Å². The minimum Gasteiger partial charge on any atom is -0.426 e. The van der Waals surface area contributed by atoms with E-state index >= 15 is 0 Å². The van der Waals surface area contributed by atoms with Gasteiger partial charge in [0.1, 0.15) is 5.75 Å². The Morgan fingerprint density at radius 3 is 2.36 bits per heavy atom. The van der Waals surface area contributed by atoms with Crippen LogP contribution in [0.2, 0.25) is 5.02 Å². The zero-order valence-electron chi connectivity index (χ0n) is 17.2. The SMILES string of the molecule is CCC1CCC(C2CCC3C(CCCC3C(=O)Oc3ccc(Cl)cc3)C2)CC1. The van der Waals surface area contributed by atoms with E-state index in [1.807, 2.05) is 0 Å². The molecule has 3 fully saturated rings. The molecule has 3 saturated carbocycles. The predicted octanol–water partition coefficient (Wildman–Crippen LogP) is 7.29. The van der Waals surface area contributed by atoms with E-state index < -0.39 is 0 Å². The van der Waals surface area contributed by atoms with E-state index in [4.69, 9.17) is 16.3 Å². The zero-order valence-corrected chi connectivity index (χ0v) is 18.0. The van der Waals surface area contributed by atoms with Gasteiger partial charge in [-0.05, 0) is 92.4 Å². The molecule has 0 aromatic heterocycles. The first kappa shape index (κ1) is 20.3. The van der Waals surface area contributed by atoms with Crippen molar-refractivity contribution >= 4 is 17.6 Å². The first-order chi connectivity index (χ1) is 13.6. The number of benzene rings is 1. The fourth-order valence-electron chi connectivity index (χ4n) is 6.48. The van der Waals surface area contributed by atoms with E-state index in [2.05, 4.69) is 6.92 Å². The van der Waals surface area contributed by atoms with Crippen molar-refractivity contribution in [3.63, 3.8) is 0 Å². The number of carbonyl (C=O) groups is 1. The van der Waals surface area contributed by atoms with Gasteiger partial charge in [0.2, 0.25) is 0 Å². The van der Waals surface area contributed by atoms with Crippen LogP contribution < -0.4 is 4.74 Å². The maximum absolute atomic E-state index is 12.9. The standard InChI is InChI=1S/C25H35ClO2/c1-2-17-6-8-18(9-7-17)19-10-15-23-20(16-19)4-3-5-24(23)25(27)28-22-13-11-21(26)12-14-22/h11-14,17-20,23-24H,2-10,15-16H2,1H3. The second-order valence-electron chi connectivity index (χ2n) is 9.60. The largest absolute Gasteiger partial charge is 0.426 e. The second kappa shape index (κ2) is 9.20. The third-order valence-electron chi connectivity index (χ3n) is 8.16. The van der Waals surface area contributed by atoms with E-state index in [0.717, 1.165) is 30.1 Å². The number of rotatable bonds is 4. The van der Waals surface area contributed by atoms with E-state index in [1.165, 1.54) is 64.2 Å². The van der Waals surface area contributed by atoms with Crippen LogP contribution in [0.4, 0.5) is 0 Å². The number of fused-ring (bicyclic) bond motifs is 1. The van der Waals surface area contributed by atoms with Crippen molar-refractivity contribution in [1.29, 1.82) is 0 Å². The Morgan fingerprint density at radius 2 is 1.64 bits per heavy atom. The maximum Gasteiger partial charge on any atom is 0.314 e. The summed E-state index contributed by atoms with van der Waals surface area (Å²) < 4.78 is 5.73. The first-order valence-electron chi connectivity index (χ1n) is 11.6. The molecule has 154 valence electrons. The van der Waals surface area contributed by atoms with Crippen molar-refractivity contribution in [1.82, 2.24) is 0 Å². The van der Waals surface area contributed by atoms with Crippen LogP contribution in [-0.2, 0) is 4.79 Å². The molecule has 0 N–H and O–H groups in total. The number of ether oxygens (including phenoxy) is 1. The highest BCUT2D eigenvalue weighted by molar-refractivity contribution is 6.30. The lowest BCUT2D eigenvalue weighted by Gasteiger charge is -2.46. The van der Waals surface area contributed by atoms with E-state index in [0.29, 0.717) is 16.7 Å². The molecule has 0 saturated heterocycles. The number of hydrogen-bond donors (Lipinski definition) is 0. The number of halogens is 1. The third-order valence-corrected chi connectivity index (χ3v) is 8.41. The quantitative estimate of drug-likeness (QED) is 0.390. The molecule has 1 aromatic carbocycles. The van der Waals surface area contributed by atoms with Crippen molar-refractivity contribution in [2.24, 2.45) is 35.5 Å². The van der Waals surface area contributed by atoms with Crippen molar-refractivity contribution in [2.45, 2.75) is 77.6 Å². The molecule has 2 nitrogen and oxygen atoms in total. The van der Waals surface area contributed by atoms with Gasteiger partial charge in [-0.25, -0.2) is 0 Å². The molecule has 1 aromatic rings. The van der Waals surface area contributed by atoms with Crippen LogP contribution in [0.3, 0.4) is 0 Å². The molecular weight excluding hydrogens is 368 g/mol. The van der Waals surface area contributed by atoms with Gasteiger partial charge in [0.15, 0.2) is 0 Å². The lowest BCUT2D eigenvalue weighted by Crippen LogP contribution is -2.40. The van der Waals surface area contributed by atoms with E-state index in [9.17, 15) is 4.79 Å². The van der Waals surface area contributed by atoms with Crippen LogP contribution >= 0.6 is 11.6 Å².